The molecule has 172 valence electrons. The van der Waals surface area contributed by atoms with E-state index in [1.165, 1.54) is 0 Å². The van der Waals surface area contributed by atoms with Gasteiger partial charge in [0, 0.05) is 52.8 Å². The van der Waals surface area contributed by atoms with Crippen LogP contribution in [0, 0.1) is 0 Å². The molecule has 2 aromatic rings. The Morgan fingerprint density at radius 2 is 1.88 bits per heavy atom. The maximum atomic E-state index is 13.8. The standard InChI is InChI=1S/C27H31N3O3/c1-25(2)10-12-30-23(31)20-7-6-11-29(20)24(32)27(30,5)15-18-17-13-16-8-9-26(3,4)33-21(16)14-19(17)28-22(18)25/h8-10,12-14,20,28H,6-7,11,15H2,1-5H3/b12-10-/t20-,27+/m0/s1. The number of ether oxygens (including phenoxy) is 1. The Labute approximate surface area is 194 Å². The lowest BCUT2D eigenvalue weighted by molar-refractivity contribution is -0.163. The van der Waals surface area contributed by atoms with Crippen LogP contribution in [0.4, 0.5) is 0 Å². The van der Waals surface area contributed by atoms with Gasteiger partial charge in [0.15, 0.2) is 0 Å². The number of hydrogen-bond acceptors (Lipinski definition) is 3. The molecule has 0 unspecified atom stereocenters. The third kappa shape index (κ3) is 2.79. The van der Waals surface area contributed by atoms with Crippen LogP contribution >= 0.6 is 0 Å². The first kappa shape index (κ1) is 20.6. The van der Waals surface area contributed by atoms with Crippen molar-refractivity contribution >= 4 is 28.8 Å². The summed E-state index contributed by atoms with van der Waals surface area (Å²) in [5.74, 6) is 0.951. The fourth-order valence-corrected chi connectivity index (χ4v) is 6.02. The summed E-state index contributed by atoms with van der Waals surface area (Å²) in [6.07, 6.45) is 10.2. The Balaban J connectivity index is 1.56. The second-order valence-corrected chi connectivity index (χ2v) is 11.3. The minimum atomic E-state index is -0.945. The number of piperazine rings is 1. The molecule has 1 N–H and O–H groups in total. The number of aromatic nitrogens is 1. The van der Waals surface area contributed by atoms with Gasteiger partial charge in [-0.05, 0) is 51.3 Å². The zero-order valence-electron chi connectivity index (χ0n) is 20.0. The average molecular weight is 446 g/mol. The predicted octanol–water partition coefficient (Wildman–Crippen LogP) is 4.29. The molecular formula is C27H31N3O3. The molecule has 0 saturated carbocycles. The minimum Gasteiger partial charge on any atom is -0.483 e. The van der Waals surface area contributed by atoms with E-state index >= 15 is 0 Å². The summed E-state index contributed by atoms with van der Waals surface area (Å²) in [4.78, 5) is 34.4. The van der Waals surface area contributed by atoms with Gasteiger partial charge in [0.2, 0.25) is 11.8 Å². The van der Waals surface area contributed by atoms with Crippen molar-refractivity contribution in [2.45, 2.75) is 76.5 Å². The molecule has 2 saturated heterocycles. The molecule has 0 aliphatic carbocycles. The molecule has 2 amide bonds. The summed E-state index contributed by atoms with van der Waals surface area (Å²) in [7, 11) is 0. The van der Waals surface area contributed by atoms with E-state index < -0.39 is 5.54 Å². The molecule has 2 fully saturated rings. The highest BCUT2D eigenvalue weighted by molar-refractivity contribution is 6.01. The van der Waals surface area contributed by atoms with Crippen LogP contribution in [0.1, 0.15) is 64.3 Å². The molecule has 0 bridgehead atoms. The number of carbonyl (C=O) groups excluding carboxylic acids is 2. The lowest BCUT2D eigenvalue weighted by atomic mass is 9.78. The Bertz CT molecular complexity index is 1280. The number of nitrogens with zero attached hydrogens (tertiary/aromatic N) is 2. The number of benzene rings is 1. The van der Waals surface area contributed by atoms with Crippen LogP contribution in [0.25, 0.3) is 17.0 Å². The number of nitrogens with one attached hydrogen (secondary N) is 1. The number of carbonyl (C=O) groups is 2. The average Bonchev–Trinajstić information content (AvgIpc) is 3.35. The highest BCUT2D eigenvalue weighted by Crippen LogP contribution is 2.44. The van der Waals surface area contributed by atoms with Crippen molar-refractivity contribution in [3.63, 3.8) is 0 Å². The third-order valence-corrected chi connectivity index (χ3v) is 7.91. The summed E-state index contributed by atoms with van der Waals surface area (Å²) < 4.78 is 6.21. The minimum absolute atomic E-state index is 0.0425. The first-order chi connectivity index (χ1) is 15.5. The second kappa shape index (κ2) is 6.31. The van der Waals surface area contributed by atoms with Crippen molar-refractivity contribution in [3.05, 3.63) is 47.3 Å². The number of hydrogen-bond donors (Lipinski definition) is 1. The highest BCUT2D eigenvalue weighted by atomic mass is 16.5. The van der Waals surface area contributed by atoms with Crippen molar-refractivity contribution < 1.29 is 14.3 Å². The number of allylic oxidation sites excluding steroid dienone is 1. The zero-order chi connectivity index (χ0) is 23.3. The first-order valence-corrected chi connectivity index (χ1v) is 11.9. The number of amides is 2. The molecule has 5 heterocycles. The molecule has 6 nitrogen and oxygen atoms in total. The molecule has 4 aliphatic rings. The van der Waals surface area contributed by atoms with Gasteiger partial charge >= 0.3 is 0 Å². The van der Waals surface area contributed by atoms with E-state index in [0.29, 0.717) is 13.0 Å². The molecule has 0 spiro atoms. The van der Waals surface area contributed by atoms with Gasteiger partial charge in [0.05, 0.1) is 0 Å². The molecule has 4 aliphatic heterocycles. The molecule has 1 aromatic heterocycles. The van der Waals surface area contributed by atoms with Crippen LogP contribution in [0.2, 0.25) is 0 Å². The molecule has 6 rings (SSSR count). The number of rotatable bonds is 0. The maximum Gasteiger partial charge on any atom is 0.250 e. The summed E-state index contributed by atoms with van der Waals surface area (Å²) in [6.45, 7) is 11.0. The van der Waals surface area contributed by atoms with Crippen LogP contribution in [0.5, 0.6) is 5.75 Å². The highest BCUT2D eigenvalue weighted by Gasteiger charge is 2.55. The second-order valence-electron chi connectivity index (χ2n) is 11.3. The van der Waals surface area contributed by atoms with Crippen molar-refractivity contribution in [3.8, 4) is 5.75 Å². The van der Waals surface area contributed by atoms with Gasteiger partial charge in [0.1, 0.15) is 22.9 Å². The summed E-state index contributed by atoms with van der Waals surface area (Å²) in [5.41, 5.74) is 2.60. The topological polar surface area (TPSA) is 65.6 Å². The molecule has 0 radical (unpaired) electrons. The Hall–Kier alpha value is -3.02. The molecular weight excluding hydrogens is 414 g/mol. The van der Waals surface area contributed by atoms with E-state index in [4.69, 9.17) is 4.74 Å². The lowest BCUT2D eigenvalue weighted by Crippen LogP contribution is -2.68. The van der Waals surface area contributed by atoms with Crippen LogP contribution in [0.15, 0.2) is 30.5 Å². The van der Waals surface area contributed by atoms with E-state index in [1.54, 1.807) is 4.90 Å². The molecule has 1 aromatic carbocycles. The maximum absolute atomic E-state index is 13.8. The zero-order valence-corrected chi connectivity index (χ0v) is 20.0. The van der Waals surface area contributed by atoms with Crippen molar-refractivity contribution in [2.75, 3.05) is 6.54 Å². The van der Waals surface area contributed by atoms with Gasteiger partial charge in [0.25, 0.3) is 0 Å². The van der Waals surface area contributed by atoms with Gasteiger partial charge in [-0.2, -0.15) is 0 Å². The SMILES string of the molecule is CC1(C)C=Cc2cc3c4c([nH]c3cc2O1)C(C)(C)/C=C\N1C(=O)[C@@H]2CCCN2C(=O)[C@@]1(C)C4. The first-order valence-electron chi connectivity index (χ1n) is 11.9. The van der Waals surface area contributed by atoms with E-state index in [-0.39, 0.29) is 28.9 Å². The van der Waals surface area contributed by atoms with E-state index in [9.17, 15) is 9.59 Å². The van der Waals surface area contributed by atoms with Crippen molar-refractivity contribution in [1.82, 2.24) is 14.8 Å². The fourth-order valence-electron chi connectivity index (χ4n) is 6.02. The number of H-pyrrole nitrogens is 1. The number of fused-ring (bicyclic) bond motifs is 6. The smallest absolute Gasteiger partial charge is 0.250 e. The lowest BCUT2D eigenvalue weighted by Gasteiger charge is -2.49. The van der Waals surface area contributed by atoms with Gasteiger partial charge in [-0.25, -0.2) is 0 Å². The van der Waals surface area contributed by atoms with Crippen LogP contribution in [-0.4, -0.2) is 50.3 Å². The van der Waals surface area contributed by atoms with E-state index in [0.717, 1.165) is 46.3 Å². The predicted molar refractivity (Wildman–Crippen MR) is 128 cm³/mol. The number of aromatic amines is 1. The monoisotopic (exact) mass is 445 g/mol. The van der Waals surface area contributed by atoms with Gasteiger partial charge in [-0.15, -0.1) is 0 Å². The Kier molecular flexibility index (Phi) is 3.93. The van der Waals surface area contributed by atoms with Crippen LogP contribution < -0.4 is 4.74 Å². The molecule has 2 atom stereocenters. The van der Waals surface area contributed by atoms with Gasteiger partial charge in [-0.3, -0.25) is 9.59 Å². The van der Waals surface area contributed by atoms with Gasteiger partial charge < -0.3 is 19.5 Å². The molecule has 33 heavy (non-hydrogen) atoms. The summed E-state index contributed by atoms with van der Waals surface area (Å²) in [5, 5.41) is 1.09. The molecule has 6 heteroatoms. The Morgan fingerprint density at radius 3 is 2.67 bits per heavy atom. The van der Waals surface area contributed by atoms with Crippen molar-refractivity contribution in [2.24, 2.45) is 0 Å². The van der Waals surface area contributed by atoms with Gasteiger partial charge in [-0.1, -0.05) is 26.0 Å². The summed E-state index contributed by atoms with van der Waals surface area (Å²) >= 11 is 0. The van der Waals surface area contributed by atoms with E-state index in [1.807, 2.05) is 31.9 Å². The van der Waals surface area contributed by atoms with Crippen LogP contribution in [-0.2, 0) is 21.4 Å². The third-order valence-electron chi connectivity index (χ3n) is 7.91. The van der Waals surface area contributed by atoms with E-state index in [2.05, 4.69) is 49.2 Å². The van der Waals surface area contributed by atoms with Crippen molar-refractivity contribution in [1.29, 1.82) is 0 Å². The fraction of sp³-hybridized carbons (Fsp3) is 0.481. The normalized spacial score (nSPS) is 30.2. The van der Waals surface area contributed by atoms with Crippen LogP contribution in [0.3, 0.4) is 0 Å². The summed E-state index contributed by atoms with van der Waals surface area (Å²) in [6, 6.07) is 3.91. The Morgan fingerprint density at radius 1 is 1.09 bits per heavy atom. The quantitative estimate of drug-likeness (QED) is 0.658. The largest absolute Gasteiger partial charge is 0.483 e.